The quantitative estimate of drug-likeness (QED) is 0.580. The van der Waals surface area contributed by atoms with E-state index in [4.69, 9.17) is 9.88 Å². The third-order valence-electron chi connectivity index (χ3n) is 5.26. The molecule has 0 aromatic heterocycles. The maximum absolute atomic E-state index is 12.8. The first-order valence-corrected chi connectivity index (χ1v) is 11.4. The molecule has 1 heterocycles. The van der Waals surface area contributed by atoms with Crippen LogP contribution in [0.15, 0.2) is 0 Å². The Morgan fingerprint density at radius 3 is 2.38 bits per heavy atom. The van der Waals surface area contributed by atoms with Crippen molar-refractivity contribution in [1.29, 1.82) is 0 Å². The van der Waals surface area contributed by atoms with Gasteiger partial charge in [-0.25, -0.2) is 5.14 Å². The molecule has 1 aromatic carbocycles. The first-order chi connectivity index (χ1) is 13.3. The maximum Gasteiger partial charge on any atom is 0.296 e. The van der Waals surface area contributed by atoms with Crippen LogP contribution in [-0.4, -0.2) is 40.1 Å². The average molecular weight is 427 g/mol. The number of rotatable bonds is 7. The van der Waals surface area contributed by atoms with E-state index in [1.54, 1.807) is 6.92 Å². The molecule has 0 radical (unpaired) electrons. The maximum atomic E-state index is 12.8. The van der Waals surface area contributed by atoms with E-state index in [1.807, 2.05) is 34.6 Å². The number of hydrogen-bond acceptors (Lipinski definition) is 5. The molecule has 1 aromatic rings. The smallest absolute Gasteiger partial charge is 0.296 e. The molecule has 29 heavy (non-hydrogen) atoms. The van der Waals surface area contributed by atoms with Crippen molar-refractivity contribution in [3.05, 3.63) is 16.7 Å². The molecule has 0 saturated carbocycles. The van der Waals surface area contributed by atoms with Crippen molar-refractivity contribution < 1.29 is 17.9 Å². The number of amides is 1. The van der Waals surface area contributed by atoms with Gasteiger partial charge in [0.15, 0.2) is 0 Å². The Balaban J connectivity index is 2.66. The number of benzene rings is 1. The van der Waals surface area contributed by atoms with E-state index in [0.717, 1.165) is 23.2 Å². The number of nitrogens with two attached hydrogens (primary N) is 1. The Hall–Kier alpha value is -1.84. The molecule has 8 nitrogen and oxygen atoms in total. The van der Waals surface area contributed by atoms with E-state index in [9.17, 15) is 13.2 Å². The molecular weight excluding hydrogens is 392 g/mol. The zero-order chi connectivity index (χ0) is 22.1. The van der Waals surface area contributed by atoms with Gasteiger partial charge >= 0.3 is 0 Å². The van der Waals surface area contributed by atoms with Crippen molar-refractivity contribution in [3.8, 4) is 0 Å². The highest BCUT2D eigenvalue weighted by atomic mass is 32.2. The van der Waals surface area contributed by atoms with Crippen LogP contribution in [0.5, 0.6) is 0 Å². The summed E-state index contributed by atoms with van der Waals surface area (Å²) in [7, 11) is -3.95. The van der Waals surface area contributed by atoms with Crippen molar-refractivity contribution in [3.63, 3.8) is 0 Å². The number of fused-ring (bicyclic) bond motifs is 1. The molecule has 0 spiro atoms. The van der Waals surface area contributed by atoms with E-state index < -0.39 is 15.6 Å². The Morgan fingerprint density at radius 1 is 1.24 bits per heavy atom. The molecule has 1 atom stereocenters. The van der Waals surface area contributed by atoms with Gasteiger partial charge in [0.1, 0.15) is 0 Å². The van der Waals surface area contributed by atoms with Crippen LogP contribution >= 0.6 is 0 Å². The van der Waals surface area contributed by atoms with Gasteiger partial charge in [0.25, 0.3) is 10.2 Å². The number of nitrogens with one attached hydrogen (secondary N) is 2. The summed E-state index contributed by atoms with van der Waals surface area (Å²) in [6, 6.07) is 0.193. The third-order valence-corrected chi connectivity index (χ3v) is 5.75. The highest BCUT2D eigenvalue weighted by molar-refractivity contribution is 7.90. The number of carbonyl (C=O) groups excluding carboxylic acids is 1. The van der Waals surface area contributed by atoms with Crippen LogP contribution in [0, 0.1) is 19.3 Å². The summed E-state index contributed by atoms with van der Waals surface area (Å²) in [5.74, 6) is -0.141. The summed E-state index contributed by atoms with van der Waals surface area (Å²) in [6.45, 7) is 15.2. The normalized spacial score (nSPS) is 16.7. The monoisotopic (exact) mass is 426 g/mol. The minimum Gasteiger partial charge on any atom is -0.380 e. The van der Waals surface area contributed by atoms with Crippen molar-refractivity contribution in [2.45, 2.75) is 60.9 Å². The molecule has 164 valence electrons. The zero-order valence-electron chi connectivity index (χ0n) is 18.5. The minimum atomic E-state index is -3.95. The molecule has 2 rings (SSSR count). The number of carbonyl (C=O) groups is 1. The van der Waals surface area contributed by atoms with E-state index in [0.29, 0.717) is 36.7 Å². The summed E-state index contributed by atoms with van der Waals surface area (Å²) < 4.78 is 31.5. The summed E-state index contributed by atoms with van der Waals surface area (Å²) in [5.41, 5.74) is 3.86. The minimum absolute atomic E-state index is 0.141. The van der Waals surface area contributed by atoms with Crippen LogP contribution in [0.3, 0.4) is 0 Å². The third kappa shape index (κ3) is 5.21. The van der Waals surface area contributed by atoms with E-state index in [1.165, 1.54) is 0 Å². The second-order valence-corrected chi connectivity index (χ2v) is 9.92. The molecule has 0 aliphatic carbocycles. The summed E-state index contributed by atoms with van der Waals surface area (Å²) in [6.07, 6.45) is 0.741. The molecule has 1 unspecified atom stereocenters. The fraction of sp³-hybridized carbons (Fsp3) is 0.650. The van der Waals surface area contributed by atoms with Crippen molar-refractivity contribution in [2.75, 3.05) is 34.7 Å². The Bertz CT molecular complexity index is 891. The summed E-state index contributed by atoms with van der Waals surface area (Å²) >= 11 is 0. The zero-order valence-corrected chi connectivity index (χ0v) is 19.3. The first kappa shape index (κ1) is 23.4. The standard InChI is InChI=1S/C20H34N4O4S/c1-8-28-10-9-24-12(2)11-15-13(3)16(23-29(21,26)27)14(4)17(18(15)24)22-19(25)20(5,6)7/h12,23H,8-11H2,1-7H3,(H,22,25)(H2,21,26,27). The van der Waals surface area contributed by atoms with Crippen LogP contribution in [0.25, 0.3) is 0 Å². The summed E-state index contributed by atoms with van der Waals surface area (Å²) in [4.78, 5) is 15.0. The lowest BCUT2D eigenvalue weighted by molar-refractivity contribution is -0.123. The van der Waals surface area contributed by atoms with E-state index in [-0.39, 0.29) is 11.9 Å². The average Bonchev–Trinajstić information content (AvgIpc) is 2.90. The van der Waals surface area contributed by atoms with Gasteiger partial charge in [0.05, 0.1) is 23.7 Å². The van der Waals surface area contributed by atoms with Gasteiger partial charge in [-0.15, -0.1) is 0 Å². The van der Waals surface area contributed by atoms with Crippen LogP contribution in [0.2, 0.25) is 0 Å². The number of nitrogens with zero attached hydrogens (tertiary/aromatic N) is 1. The van der Waals surface area contributed by atoms with Crippen molar-refractivity contribution >= 4 is 33.2 Å². The highest BCUT2D eigenvalue weighted by Crippen LogP contribution is 2.46. The predicted molar refractivity (Wildman–Crippen MR) is 118 cm³/mol. The predicted octanol–water partition coefficient (Wildman–Crippen LogP) is 2.69. The fourth-order valence-corrected chi connectivity index (χ4v) is 4.24. The topological polar surface area (TPSA) is 114 Å². The number of hydrogen-bond donors (Lipinski definition) is 3. The number of ether oxygens (including phenoxy) is 1. The fourth-order valence-electron chi connectivity index (χ4n) is 3.64. The lowest BCUT2D eigenvalue weighted by Crippen LogP contribution is -2.34. The van der Waals surface area contributed by atoms with Gasteiger partial charge in [-0.2, -0.15) is 8.42 Å². The molecule has 9 heteroatoms. The first-order valence-electron chi connectivity index (χ1n) is 9.90. The molecule has 1 amide bonds. The Kier molecular flexibility index (Phi) is 6.86. The van der Waals surface area contributed by atoms with Gasteiger partial charge < -0.3 is 15.0 Å². The Morgan fingerprint density at radius 2 is 1.86 bits per heavy atom. The van der Waals surface area contributed by atoms with Crippen molar-refractivity contribution in [2.24, 2.45) is 10.6 Å². The van der Waals surface area contributed by atoms with Crippen LogP contribution in [-0.2, 0) is 26.2 Å². The van der Waals surface area contributed by atoms with Crippen LogP contribution < -0.4 is 20.1 Å². The van der Waals surface area contributed by atoms with Crippen LogP contribution in [0.4, 0.5) is 17.1 Å². The molecule has 1 aliphatic rings. The highest BCUT2D eigenvalue weighted by Gasteiger charge is 2.34. The number of anilines is 3. The second-order valence-electron chi connectivity index (χ2n) is 8.62. The lowest BCUT2D eigenvalue weighted by Gasteiger charge is -2.30. The van der Waals surface area contributed by atoms with Gasteiger partial charge in [-0.1, -0.05) is 20.8 Å². The van der Waals surface area contributed by atoms with Gasteiger partial charge in [0.2, 0.25) is 5.91 Å². The van der Waals surface area contributed by atoms with Gasteiger partial charge in [0, 0.05) is 24.6 Å². The molecule has 4 N–H and O–H groups in total. The molecular formula is C20H34N4O4S. The molecule has 0 bridgehead atoms. The Labute approximate surface area is 174 Å². The molecule has 0 fully saturated rings. The van der Waals surface area contributed by atoms with Crippen LogP contribution in [0.1, 0.15) is 51.3 Å². The SMILES string of the molecule is CCOCCN1c2c(c(C)c(NS(N)(=O)=O)c(C)c2NC(=O)C(C)(C)C)CC1C. The summed E-state index contributed by atoms with van der Waals surface area (Å²) in [5, 5.41) is 8.30. The lowest BCUT2D eigenvalue weighted by atomic mass is 9.93. The van der Waals surface area contributed by atoms with Gasteiger partial charge in [-0.3, -0.25) is 9.52 Å². The van der Waals surface area contributed by atoms with E-state index >= 15 is 0 Å². The molecule has 0 saturated heterocycles. The second kappa shape index (κ2) is 8.49. The largest absolute Gasteiger partial charge is 0.380 e. The van der Waals surface area contributed by atoms with Crippen molar-refractivity contribution in [1.82, 2.24) is 0 Å². The molecule has 1 aliphatic heterocycles. The van der Waals surface area contributed by atoms with E-state index in [2.05, 4.69) is 21.9 Å². The van der Waals surface area contributed by atoms with Gasteiger partial charge in [-0.05, 0) is 50.8 Å².